The van der Waals surface area contributed by atoms with Crippen LogP contribution < -0.4 is 0 Å². The van der Waals surface area contributed by atoms with Crippen LogP contribution in [0.1, 0.15) is 32.1 Å². The van der Waals surface area contributed by atoms with Crippen LogP contribution in [0.5, 0.6) is 0 Å². The molecule has 2 heterocycles. The van der Waals surface area contributed by atoms with E-state index < -0.39 is 0 Å². The van der Waals surface area contributed by atoms with Crippen molar-refractivity contribution in [2.24, 2.45) is 0 Å². The molecule has 2 heteroatoms. The Morgan fingerprint density at radius 3 is 2.08 bits per heavy atom. The minimum atomic E-state index is 1.23. The van der Waals surface area contributed by atoms with Gasteiger partial charge in [-0.2, -0.15) is 0 Å². The summed E-state index contributed by atoms with van der Waals surface area (Å²) < 4.78 is 0. The normalized spacial score (nSPS) is 27.7. The lowest BCUT2D eigenvalue weighted by Gasteiger charge is -2.34. The fourth-order valence-electron chi connectivity index (χ4n) is 2.33. The second kappa shape index (κ2) is 4.97. The van der Waals surface area contributed by atoms with Gasteiger partial charge in [-0.3, -0.25) is 9.80 Å². The zero-order chi connectivity index (χ0) is 8.93. The summed E-state index contributed by atoms with van der Waals surface area (Å²) in [7, 11) is 0. The van der Waals surface area contributed by atoms with E-state index in [1.807, 2.05) is 0 Å². The Morgan fingerprint density at radius 2 is 1.38 bits per heavy atom. The molecule has 0 spiro atoms. The van der Waals surface area contributed by atoms with Crippen molar-refractivity contribution in [3.05, 3.63) is 6.42 Å². The number of nitrogens with zero attached hydrogens (tertiary/aromatic N) is 2. The Morgan fingerprint density at radius 1 is 0.769 bits per heavy atom. The minimum absolute atomic E-state index is 1.23. The molecule has 0 amide bonds. The third-order valence-electron chi connectivity index (χ3n) is 3.15. The molecule has 2 saturated heterocycles. The molecule has 2 nitrogen and oxygen atoms in total. The highest BCUT2D eigenvalue weighted by Crippen LogP contribution is 2.12. The van der Waals surface area contributed by atoms with Crippen LogP contribution in [0, 0.1) is 6.42 Å². The molecule has 75 valence electrons. The Balaban J connectivity index is 1.69. The van der Waals surface area contributed by atoms with Crippen molar-refractivity contribution in [2.75, 3.05) is 32.8 Å². The summed E-state index contributed by atoms with van der Waals surface area (Å²) >= 11 is 0. The van der Waals surface area contributed by atoms with E-state index in [2.05, 4.69) is 16.2 Å². The van der Waals surface area contributed by atoms with Crippen molar-refractivity contribution in [2.45, 2.75) is 32.1 Å². The number of likely N-dealkylation sites (tertiary alicyclic amines) is 2. The van der Waals surface area contributed by atoms with Crippen molar-refractivity contribution in [3.8, 4) is 0 Å². The number of piperidine rings is 2. The van der Waals surface area contributed by atoms with Crippen LogP contribution in [0.25, 0.3) is 0 Å². The van der Waals surface area contributed by atoms with Gasteiger partial charge in [0.1, 0.15) is 0 Å². The predicted molar refractivity (Wildman–Crippen MR) is 55.4 cm³/mol. The van der Waals surface area contributed by atoms with E-state index in [1.165, 1.54) is 65.0 Å². The standard InChI is InChI=1S/C11H21N2/c1-3-7-12(8-4-1)11-13-9-5-2-6-10-13/h1H,2-11H2. The van der Waals surface area contributed by atoms with Gasteiger partial charge in [0.05, 0.1) is 6.67 Å². The monoisotopic (exact) mass is 181 g/mol. The maximum atomic E-state index is 2.62. The molecule has 0 unspecified atom stereocenters. The molecule has 0 N–H and O–H groups in total. The predicted octanol–water partition coefficient (Wildman–Crippen LogP) is 1.73. The molecule has 0 atom stereocenters. The van der Waals surface area contributed by atoms with E-state index >= 15 is 0 Å². The summed E-state index contributed by atoms with van der Waals surface area (Å²) in [6, 6.07) is 0. The largest absolute Gasteiger partial charge is 0.290 e. The lowest BCUT2D eigenvalue weighted by molar-refractivity contribution is 0.106. The highest BCUT2D eigenvalue weighted by Gasteiger charge is 2.15. The van der Waals surface area contributed by atoms with Crippen LogP contribution in [0.15, 0.2) is 0 Å². The summed E-state index contributed by atoms with van der Waals surface area (Å²) in [6.45, 7) is 6.47. The van der Waals surface area contributed by atoms with Gasteiger partial charge >= 0.3 is 0 Å². The van der Waals surface area contributed by atoms with E-state index in [0.717, 1.165) is 0 Å². The summed E-state index contributed by atoms with van der Waals surface area (Å²) in [5, 5.41) is 0. The highest BCUT2D eigenvalue weighted by atomic mass is 15.3. The molecule has 2 fully saturated rings. The van der Waals surface area contributed by atoms with Gasteiger partial charge in [0.15, 0.2) is 0 Å². The van der Waals surface area contributed by atoms with E-state index in [1.54, 1.807) is 0 Å². The van der Waals surface area contributed by atoms with Gasteiger partial charge in [-0.15, -0.1) is 0 Å². The van der Waals surface area contributed by atoms with Crippen LogP contribution in [-0.4, -0.2) is 42.6 Å². The van der Waals surface area contributed by atoms with Crippen molar-refractivity contribution < 1.29 is 0 Å². The average molecular weight is 181 g/mol. The highest BCUT2D eigenvalue weighted by molar-refractivity contribution is 4.77. The first-order chi connectivity index (χ1) is 6.45. The molecule has 0 aromatic carbocycles. The van der Waals surface area contributed by atoms with Gasteiger partial charge in [-0.05, 0) is 58.3 Å². The Labute approximate surface area is 81.9 Å². The molecule has 0 saturated carbocycles. The zero-order valence-corrected chi connectivity index (χ0v) is 8.54. The maximum absolute atomic E-state index is 2.62. The third kappa shape index (κ3) is 2.96. The minimum Gasteiger partial charge on any atom is -0.290 e. The van der Waals surface area contributed by atoms with Crippen LogP contribution in [0.4, 0.5) is 0 Å². The quantitative estimate of drug-likeness (QED) is 0.640. The molecular formula is C11H21N2. The lowest BCUT2D eigenvalue weighted by atomic mass is 10.1. The summed E-state index contributed by atoms with van der Waals surface area (Å²) in [5.41, 5.74) is 0. The summed E-state index contributed by atoms with van der Waals surface area (Å²) in [4.78, 5) is 5.22. The molecular weight excluding hydrogens is 160 g/mol. The van der Waals surface area contributed by atoms with Gasteiger partial charge in [-0.1, -0.05) is 6.42 Å². The van der Waals surface area contributed by atoms with E-state index in [-0.39, 0.29) is 0 Å². The average Bonchev–Trinajstić information content (AvgIpc) is 2.21. The van der Waals surface area contributed by atoms with Crippen LogP contribution in [0.3, 0.4) is 0 Å². The molecule has 0 aromatic rings. The number of rotatable bonds is 2. The zero-order valence-electron chi connectivity index (χ0n) is 8.54. The smallest absolute Gasteiger partial charge is 0.0506 e. The Kier molecular flexibility index (Phi) is 3.62. The van der Waals surface area contributed by atoms with Gasteiger partial charge in [0.2, 0.25) is 0 Å². The second-order valence-corrected chi connectivity index (χ2v) is 4.30. The molecule has 13 heavy (non-hydrogen) atoms. The second-order valence-electron chi connectivity index (χ2n) is 4.30. The molecule has 1 radical (unpaired) electrons. The van der Waals surface area contributed by atoms with E-state index in [9.17, 15) is 0 Å². The van der Waals surface area contributed by atoms with E-state index in [0.29, 0.717) is 0 Å². The summed E-state index contributed by atoms with van der Waals surface area (Å²) in [6.07, 6.45) is 9.30. The summed E-state index contributed by atoms with van der Waals surface area (Å²) in [5.74, 6) is 0. The van der Waals surface area contributed by atoms with E-state index in [4.69, 9.17) is 0 Å². The van der Waals surface area contributed by atoms with Gasteiger partial charge in [-0.25, -0.2) is 0 Å². The fourth-order valence-corrected chi connectivity index (χ4v) is 2.33. The van der Waals surface area contributed by atoms with Crippen LogP contribution >= 0.6 is 0 Å². The maximum Gasteiger partial charge on any atom is 0.0506 e. The van der Waals surface area contributed by atoms with Crippen LogP contribution in [0.2, 0.25) is 0 Å². The first-order valence-electron chi connectivity index (χ1n) is 5.71. The molecule has 0 aromatic heterocycles. The molecule has 2 rings (SSSR count). The van der Waals surface area contributed by atoms with Crippen molar-refractivity contribution in [1.82, 2.24) is 9.80 Å². The van der Waals surface area contributed by atoms with Gasteiger partial charge < -0.3 is 0 Å². The topological polar surface area (TPSA) is 6.48 Å². The number of hydrogen-bond donors (Lipinski definition) is 0. The SMILES string of the molecule is [CH]1CCN(CN2CCCCC2)CC1. The first-order valence-corrected chi connectivity index (χ1v) is 5.71. The van der Waals surface area contributed by atoms with Crippen molar-refractivity contribution in [1.29, 1.82) is 0 Å². The van der Waals surface area contributed by atoms with Gasteiger partial charge in [0.25, 0.3) is 0 Å². The third-order valence-corrected chi connectivity index (χ3v) is 3.15. The Bertz CT molecular complexity index is 119. The molecule has 0 aliphatic carbocycles. The van der Waals surface area contributed by atoms with Crippen molar-refractivity contribution in [3.63, 3.8) is 0 Å². The first kappa shape index (κ1) is 9.47. The fraction of sp³-hybridized carbons (Fsp3) is 0.909. The number of hydrogen-bond acceptors (Lipinski definition) is 2. The Hall–Kier alpha value is -0.0800. The lowest BCUT2D eigenvalue weighted by Crippen LogP contribution is -2.42. The van der Waals surface area contributed by atoms with Gasteiger partial charge in [0, 0.05) is 0 Å². The van der Waals surface area contributed by atoms with Crippen molar-refractivity contribution >= 4 is 0 Å². The molecule has 2 aliphatic rings. The molecule has 2 aliphatic heterocycles. The van der Waals surface area contributed by atoms with Crippen LogP contribution in [-0.2, 0) is 0 Å². The molecule has 0 bridgehead atoms.